The van der Waals surface area contributed by atoms with Gasteiger partial charge in [0.15, 0.2) is 5.82 Å². The van der Waals surface area contributed by atoms with E-state index in [9.17, 15) is 14.4 Å². The molecule has 2 amide bonds. The number of thiophene rings is 1. The second-order valence-corrected chi connectivity index (χ2v) is 7.97. The number of fused-ring (bicyclic) bond motifs is 2. The molecule has 3 aromatic heterocycles. The van der Waals surface area contributed by atoms with Crippen LogP contribution in [-0.4, -0.2) is 21.6 Å². The topological polar surface area (TPSA) is 106 Å². The van der Waals surface area contributed by atoms with Gasteiger partial charge in [0, 0.05) is 35.2 Å². The third-order valence-corrected chi connectivity index (χ3v) is 6.07. The first-order valence-electron chi connectivity index (χ1n) is 9.25. The quantitative estimate of drug-likeness (QED) is 0.495. The molecule has 0 fully saturated rings. The molecule has 0 spiro atoms. The highest BCUT2D eigenvalue weighted by Gasteiger charge is 2.34. The number of anilines is 2. The van der Waals surface area contributed by atoms with E-state index in [-0.39, 0.29) is 23.8 Å². The number of amides is 2. The van der Waals surface area contributed by atoms with Gasteiger partial charge in [-0.2, -0.15) is 5.10 Å². The standard InChI is InChI=1S/C21H16N4O4S/c1-25-19-17(12(10-16(26)22-19)15-7-4-8-30-15)18(24-25)23-20(27)13-9-11-5-2-3-6-14(11)29-21(13)28/h2-9,12H,10H2,1H3,(H,22,26)(H,23,24,27). The van der Waals surface area contributed by atoms with Crippen LogP contribution in [0.25, 0.3) is 11.0 Å². The largest absolute Gasteiger partial charge is 0.422 e. The Labute approximate surface area is 174 Å². The molecular formula is C21H16N4O4S. The molecule has 0 saturated heterocycles. The molecule has 4 heterocycles. The molecule has 1 aliphatic rings. The predicted octanol–water partition coefficient (Wildman–Crippen LogP) is 3.31. The molecule has 1 aliphatic heterocycles. The maximum absolute atomic E-state index is 12.9. The molecule has 0 radical (unpaired) electrons. The zero-order chi connectivity index (χ0) is 20.8. The number of rotatable bonds is 3. The van der Waals surface area contributed by atoms with Crippen molar-refractivity contribution in [1.82, 2.24) is 9.78 Å². The van der Waals surface area contributed by atoms with Gasteiger partial charge in [0.05, 0.1) is 0 Å². The van der Waals surface area contributed by atoms with Crippen molar-refractivity contribution in [2.24, 2.45) is 7.05 Å². The lowest BCUT2D eigenvalue weighted by molar-refractivity contribution is -0.116. The van der Waals surface area contributed by atoms with Crippen molar-refractivity contribution in [1.29, 1.82) is 0 Å². The third-order valence-electron chi connectivity index (χ3n) is 5.08. The summed E-state index contributed by atoms with van der Waals surface area (Å²) in [6.07, 6.45) is 0.250. The summed E-state index contributed by atoms with van der Waals surface area (Å²) in [6.45, 7) is 0. The summed E-state index contributed by atoms with van der Waals surface area (Å²) in [5.74, 6) is -0.117. The number of aryl methyl sites for hydroxylation is 1. The number of carbonyl (C=O) groups excluding carboxylic acids is 2. The minimum Gasteiger partial charge on any atom is -0.422 e. The van der Waals surface area contributed by atoms with Crippen LogP contribution in [0.3, 0.4) is 0 Å². The van der Waals surface area contributed by atoms with E-state index in [1.165, 1.54) is 22.1 Å². The van der Waals surface area contributed by atoms with Crippen molar-refractivity contribution < 1.29 is 14.0 Å². The molecule has 150 valence electrons. The summed E-state index contributed by atoms with van der Waals surface area (Å²) in [4.78, 5) is 38.5. The fourth-order valence-corrected chi connectivity index (χ4v) is 4.55. The lowest BCUT2D eigenvalue weighted by Crippen LogP contribution is -2.25. The predicted molar refractivity (Wildman–Crippen MR) is 113 cm³/mol. The van der Waals surface area contributed by atoms with E-state index >= 15 is 0 Å². The van der Waals surface area contributed by atoms with E-state index in [0.717, 1.165) is 10.4 Å². The molecule has 1 aromatic carbocycles. The molecule has 8 nitrogen and oxygen atoms in total. The molecule has 9 heteroatoms. The highest BCUT2D eigenvalue weighted by Crippen LogP contribution is 2.42. The Morgan fingerprint density at radius 2 is 2.10 bits per heavy atom. The summed E-state index contributed by atoms with van der Waals surface area (Å²) in [7, 11) is 1.69. The Bertz CT molecular complexity index is 1350. The van der Waals surface area contributed by atoms with Gasteiger partial charge in [-0.1, -0.05) is 24.3 Å². The number of nitrogens with zero attached hydrogens (tertiary/aromatic N) is 2. The number of hydrogen-bond acceptors (Lipinski definition) is 6. The second-order valence-electron chi connectivity index (χ2n) is 6.99. The van der Waals surface area contributed by atoms with Gasteiger partial charge in [0.25, 0.3) is 5.91 Å². The van der Waals surface area contributed by atoms with Gasteiger partial charge >= 0.3 is 5.63 Å². The highest BCUT2D eigenvalue weighted by atomic mass is 32.1. The molecule has 0 saturated carbocycles. The van der Waals surface area contributed by atoms with Crippen LogP contribution in [0.1, 0.15) is 33.1 Å². The molecule has 4 aromatic rings. The number of hydrogen-bond donors (Lipinski definition) is 2. The summed E-state index contributed by atoms with van der Waals surface area (Å²) in [6, 6.07) is 12.4. The molecule has 0 aliphatic carbocycles. The average Bonchev–Trinajstić information content (AvgIpc) is 3.36. The van der Waals surface area contributed by atoms with E-state index in [0.29, 0.717) is 22.6 Å². The van der Waals surface area contributed by atoms with Gasteiger partial charge in [0.1, 0.15) is 17.0 Å². The molecule has 1 unspecified atom stereocenters. The Morgan fingerprint density at radius 1 is 1.27 bits per heavy atom. The van der Waals surface area contributed by atoms with Crippen molar-refractivity contribution in [3.8, 4) is 0 Å². The van der Waals surface area contributed by atoms with Gasteiger partial charge in [-0.15, -0.1) is 11.3 Å². The Hall–Kier alpha value is -3.72. The van der Waals surface area contributed by atoms with Gasteiger partial charge < -0.3 is 15.1 Å². The molecule has 30 heavy (non-hydrogen) atoms. The first-order valence-corrected chi connectivity index (χ1v) is 10.1. The normalized spacial score (nSPS) is 15.6. The van der Waals surface area contributed by atoms with Crippen LogP contribution in [0.2, 0.25) is 0 Å². The summed E-state index contributed by atoms with van der Waals surface area (Å²) < 4.78 is 6.79. The van der Waals surface area contributed by atoms with Crippen molar-refractivity contribution in [3.05, 3.63) is 74.3 Å². The first-order chi connectivity index (χ1) is 14.5. The van der Waals surface area contributed by atoms with Gasteiger partial charge in [-0.05, 0) is 23.6 Å². The number of carbonyl (C=O) groups is 2. The van der Waals surface area contributed by atoms with E-state index < -0.39 is 11.5 Å². The van der Waals surface area contributed by atoms with E-state index in [1.807, 2.05) is 17.5 Å². The summed E-state index contributed by atoms with van der Waals surface area (Å²) >= 11 is 1.54. The van der Waals surface area contributed by atoms with Crippen LogP contribution in [0.4, 0.5) is 11.6 Å². The van der Waals surface area contributed by atoms with Crippen LogP contribution in [0.15, 0.2) is 57.1 Å². The van der Waals surface area contributed by atoms with Gasteiger partial charge in [-0.3, -0.25) is 14.3 Å². The fraction of sp³-hybridized carbons (Fsp3) is 0.143. The first kappa shape index (κ1) is 18.3. The fourth-order valence-electron chi connectivity index (χ4n) is 3.71. The average molecular weight is 420 g/mol. The number of aromatic nitrogens is 2. The zero-order valence-electron chi connectivity index (χ0n) is 15.8. The minimum absolute atomic E-state index is 0.111. The van der Waals surface area contributed by atoms with Crippen LogP contribution in [-0.2, 0) is 11.8 Å². The van der Waals surface area contributed by atoms with Crippen LogP contribution < -0.4 is 16.3 Å². The Kier molecular flexibility index (Phi) is 4.25. The monoisotopic (exact) mass is 420 g/mol. The number of benzene rings is 1. The number of nitrogens with one attached hydrogen (secondary N) is 2. The molecule has 2 N–H and O–H groups in total. The highest BCUT2D eigenvalue weighted by molar-refractivity contribution is 7.10. The smallest absolute Gasteiger partial charge is 0.349 e. The summed E-state index contributed by atoms with van der Waals surface area (Å²) in [5, 5.41) is 12.5. The van der Waals surface area contributed by atoms with Gasteiger partial charge in [-0.25, -0.2) is 4.79 Å². The summed E-state index contributed by atoms with van der Waals surface area (Å²) in [5.41, 5.74) is 0.299. The molecule has 5 rings (SSSR count). The van der Waals surface area contributed by atoms with Crippen molar-refractivity contribution in [3.63, 3.8) is 0 Å². The van der Waals surface area contributed by atoms with Crippen molar-refractivity contribution in [2.75, 3.05) is 10.6 Å². The lowest BCUT2D eigenvalue weighted by Gasteiger charge is -2.22. The maximum atomic E-state index is 12.9. The molecule has 0 bridgehead atoms. The van der Waals surface area contributed by atoms with Crippen LogP contribution in [0, 0.1) is 0 Å². The molecular weight excluding hydrogens is 404 g/mol. The van der Waals surface area contributed by atoms with Crippen molar-refractivity contribution in [2.45, 2.75) is 12.3 Å². The Balaban J connectivity index is 1.56. The number of para-hydroxylation sites is 1. The maximum Gasteiger partial charge on any atom is 0.349 e. The molecule has 1 atom stereocenters. The minimum atomic E-state index is -0.723. The van der Waals surface area contributed by atoms with Crippen LogP contribution >= 0.6 is 11.3 Å². The van der Waals surface area contributed by atoms with E-state index in [1.54, 1.807) is 31.3 Å². The van der Waals surface area contributed by atoms with Crippen molar-refractivity contribution >= 4 is 45.8 Å². The zero-order valence-corrected chi connectivity index (χ0v) is 16.7. The third kappa shape index (κ3) is 3.00. The van der Waals surface area contributed by atoms with E-state index in [2.05, 4.69) is 15.7 Å². The van der Waals surface area contributed by atoms with Crippen LogP contribution in [0.5, 0.6) is 0 Å². The van der Waals surface area contributed by atoms with E-state index in [4.69, 9.17) is 4.42 Å². The SMILES string of the molecule is Cn1nc(NC(=O)c2cc3ccccc3oc2=O)c2c1NC(=O)CC2c1cccs1. The Morgan fingerprint density at radius 3 is 2.90 bits per heavy atom. The second kappa shape index (κ2) is 6.96. The van der Waals surface area contributed by atoms with Gasteiger partial charge in [0.2, 0.25) is 5.91 Å². The lowest BCUT2D eigenvalue weighted by atomic mass is 9.92.